The van der Waals surface area contributed by atoms with Crippen LogP contribution >= 0.6 is 23.2 Å². The Hall–Kier alpha value is -3.92. The summed E-state index contributed by atoms with van der Waals surface area (Å²) in [6, 6.07) is -1.21. The van der Waals surface area contributed by atoms with E-state index in [-0.39, 0.29) is 43.4 Å². The highest BCUT2D eigenvalue weighted by atomic mass is 35.5. The lowest BCUT2D eigenvalue weighted by molar-refractivity contribution is -0.248. The van der Waals surface area contributed by atoms with Crippen molar-refractivity contribution < 1.29 is 46.3 Å². The first kappa shape index (κ1) is 48.1. The molecule has 0 aromatic heterocycles. The van der Waals surface area contributed by atoms with Gasteiger partial charge in [-0.2, -0.15) is 13.2 Å². The van der Waals surface area contributed by atoms with Crippen LogP contribution in [0, 0.1) is 17.3 Å². The number of alkyl halides is 4. The second-order valence-corrected chi connectivity index (χ2v) is 18.4. The lowest BCUT2D eigenvalue weighted by Crippen LogP contribution is -2.61. The van der Waals surface area contributed by atoms with Crippen LogP contribution in [0.1, 0.15) is 90.0 Å². The predicted octanol–water partition coefficient (Wildman–Crippen LogP) is 5.88. The Morgan fingerprint density at radius 3 is 2.31 bits per heavy atom. The highest BCUT2D eigenvalue weighted by Gasteiger charge is 2.66. The summed E-state index contributed by atoms with van der Waals surface area (Å²) in [6.45, 7) is 3.49. The number of amides is 6. The van der Waals surface area contributed by atoms with Crippen molar-refractivity contribution in [1.29, 1.82) is 0 Å². The fourth-order valence-corrected chi connectivity index (χ4v) is 8.92. The molecule has 6 amide bonds. The van der Waals surface area contributed by atoms with Gasteiger partial charge in [0, 0.05) is 50.6 Å². The van der Waals surface area contributed by atoms with Crippen LogP contribution in [-0.4, -0.2) is 132 Å². The molecule has 6 atom stereocenters. The smallest absolute Gasteiger partial charge is 0.344 e. The third-order valence-electron chi connectivity index (χ3n) is 12.6. The van der Waals surface area contributed by atoms with Crippen molar-refractivity contribution in [3.05, 3.63) is 46.0 Å². The molecule has 3 fully saturated rings. The third kappa shape index (κ3) is 11.2. The molecule has 2 N–H and O–H groups in total. The molecule has 1 aromatic carbocycles. The van der Waals surface area contributed by atoms with Crippen LogP contribution in [0.3, 0.4) is 0 Å². The van der Waals surface area contributed by atoms with Crippen LogP contribution in [0.4, 0.5) is 17.6 Å². The number of rotatable bonds is 10. The Morgan fingerprint density at radius 1 is 1.02 bits per heavy atom. The largest absolute Gasteiger partial charge is 0.403 e. The summed E-state index contributed by atoms with van der Waals surface area (Å²) in [5, 5.41) is 6.27. The number of benzene rings is 1. The third-order valence-corrected chi connectivity index (χ3v) is 13.2. The van der Waals surface area contributed by atoms with Crippen molar-refractivity contribution in [1.82, 2.24) is 30.2 Å². The van der Waals surface area contributed by atoms with Gasteiger partial charge in [-0.25, -0.2) is 4.39 Å². The van der Waals surface area contributed by atoms with Gasteiger partial charge in [-0.15, -0.1) is 0 Å². The topological polar surface area (TPSA) is 139 Å². The minimum absolute atomic E-state index is 0.0417. The first-order chi connectivity index (χ1) is 28.7. The zero-order valence-electron chi connectivity index (χ0n) is 35.4. The van der Waals surface area contributed by atoms with Crippen molar-refractivity contribution in [2.45, 2.75) is 133 Å². The first-order valence-corrected chi connectivity index (χ1v) is 21.9. The van der Waals surface area contributed by atoms with Gasteiger partial charge in [0.15, 0.2) is 0 Å². The second kappa shape index (κ2) is 20.1. The maximum atomic E-state index is 14.8. The van der Waals surface area contributed by atoms with Crippen molar-refractivity contribution >= 4 is 58.6 Å². The van der Waals surface area contributed by atoms with Gasteiger partial charge >= 0.3 is 6.18 Å². The molecule has 0 radical (unpaired) electrons. The van der Waals surface area contributed by atoms with Crippen LogP contribution in [0.15, 0.2) is 30.4 Å². The number of halogens is 6. The SMILES string of the molecule is CC(C)C[C@@H]1NC(=O)[C@@H](N(C)C(=O)[C@@H](NC(=O)[C@@H]2C[C@@H](F)CN2C(=O)C2(C(F)(F)F)CCC2)C2CC2)C/C=C/CCCCN(C)C(=O)[C@H](Cc2cc(Cl)ccc2Cl)N(C)C1=O. The molecule has 1 aromatic rings. The number of hydrogen-bond donors (Lipinski definition) is 2. The summed E-state index contributed by atoms with van der Waals surface area (Å²) in [7, 11) is 4.57. The Kier molecular flexibility index (Phi) is 15.8. The number of allylic oxidation sites excluding steroid dienone is 1. The molecule has 2 heterocycles. The molecule has 18 heteroatoms. The molecular weight excluding hydrogens is 843 g/mol. The summed E-state index contributed by atoms with van der Waals surface area (Å²) >= 11 is 12.8. The Labute approximate surface area is 365 Å². The molecule has 4 aliphatic rings. The normalized spacial score (nSPS) is 26.7. The molecule has 1 saturated heterocycles. The van der Waals surface area contributed by atoms with E-state index >= 15 is 0 Å². The molecule has 2 aliphatic heterocycles. The van der Waals surface area contributed by atoms with Crippen LogP contribution in [0.5, 0.6) is 0 Å². The van der Waals surface area contributed by atoms with Crippen molar-refractivity contribution in [2.24, 2.45) is 17.3 Å². The fraction of sp³-hybridized carbons (Fsp3) is 0.674. The van der Waals surface area contributed by atoms with Gasteiger partial charge in [0.1, 0.15) is 41.8 Å². The van der Waals surface area contributed by atoms with Crippen LogP contribution in [0.2, 0.25) is 10.0 Å². The number of carbonyl (C=O) groups excluding carboxylic acids is 6. The van der Waals surface area contributed by atoms with Gasteiger partial charge in [0.2, 0.25) is 35.4 Å². The van der Waals surface area contributed by atoms with E-state index in [1.165, 1.54) is 23.9 Å². The number of nitrogens with one attached hydrogen (secondary N) is 2. The van der Waals surface area contributed by atoms with Gasteiger partial charge in [0.25, 0.3) is 0 Å². The van der Waals surface area contributed by atoms with Gasteiger partial charge < -0.3 is 30.2 Å². The number of likely N-dealkylation sites (N-methyl/N-ethyl adjacent to an activating group) is 3. The average Bonchev–Trinajstić information content (AvgIpc) is 3.94. The van der Waals surface area contributed by atoms with Gasteiger partial charge in [-0.1, -0.05) is 55.6 Å². The average molecular weight is 902 g/mol. The van der Waals surface area contributed by atoms with E-state index < -0.39 is 103 Å². The van der Waals surface area contributed by atoms with Gasteiger partial charge in [-0.05, 0) is 93.4 Å². The quantitative estimate of drug-likeness (QED) is 0.223. The van der Waals surface area contributed by atoms with Crippen LogP contribution in [0.25, 0.3) is 0 Å². The molecule has 61 heavy (non-hydrogen) atoms. The van der Waals surface area contributed by atoms with E-state index in [0.29, 0.717) is 59.2 Å². The minimum atomic E-state index is -4.87. The summed E-state index contributed by atoms with van der Waals surface area (Å²) < 4.78 is 57.2. The molecule has 0 unspecified atom stereocenters. The molecule has 2 saturated carbocycles. The molecule has 0 bridgehead atoms. The number of hydrogen-bond acceptors (Lipinski definition) is 6. The highest BCUT2D eigenvalue weighted by Crippen LogP contribution is 2.54. The zero-order chi connectivity index (χ0) is 45.0. The van der Waals surface area contributed by atoms with Crippen molar-refractivity contribution in [2.75, 3.05) is 34.2 Å². The zero-order valence-corrected chi connectivity index (χ0v) is 36.9. The minimum Gasteiger partial charge on any atom is -0.344 e. The highest BCUT2D eigenvalue weighted by molar-refractivity contribution is 6.33. The van der Waals surface area contributed by atoms with E-state index in [4.69, 9.17) is 23.2 Å². The lowest BCUT2D eigenvalue weighted by Gasteiger charge is -2.44. The van der Waals surface area contributed by atoms with E-state index in [1.54, 1.807) is 36.2 Å². The fourth-order valence-electron chi connectivity index (χ4n) is 8.53. The first-order valence-electron chi connectivity index (χ1n) is 21.2. The summed E-state index contributed by atoms with van der Waals surface area (Å²) in [6.07, 6.45) is -0.945. The molecule has 12 nitrogen and oxygen atoms in total. The van der Waals surface area contributed by atoms with E-state index in [9.17, 15) is 46.3 Å². The number of likely N-dealkylation sites (tertiary alicyclic amines) is 1. The van der Waals surface area contributed by atoms with E-state index in [0.717, 1.165) is 0 Å². The monoisotopic (exact) mass is 900 g/mol. The Bertz CT molecular complexity index is 1840. The molecule has 338 valence electrons. The molecule has 5 rings (SSSR count). The van der Waals surface area contributed by atoms with E-state index in [2.05, 4.69) is 10.6 Å². The van der Waals surface area contributed by atoms with Crippen molar-refractivity contribution in [3.8, 4) is 0 Å². The predicted molar refractivity (Wildman–Crippen MR) is 222 cm³/mol. The molecule has 0 spiro atoms. The molecule has 2 aliphatic carbocycles. The summed E-state index contributed by atoms with van der Waals surface area (Å²) in [4.78, 5) is 89.2. The molecular formula is C43H58Cl2F4N6O6. The summed E-state index contributed by atoms with van der Waals surface area (Å²) in [5.41, 5.74) is -2.12. The maximum Gasteiger partial charge on any atom is 0.403 e. The lowest BCUT2D eigenvalue weighted by atomic mass is 9.67. The van der Waals surface area contributed by atoms with Crippen LogP contribution < -0.4 is 10.6 Å². The summed E-state index contributed by atoms with van der Waals surface area (Å²) in [5.74, 6) is -4.92. The van der Waals surface area contributed by atoms with Gasteiger partial charge in [-0.3, -0.25) is 28.8 Å². The maximum absolute atomic E-state index is 14.8. The Morgan fingerprint density at radius 2 is 1.70 bits per heavy atom. The Balaban J connectivity index is 1.40. The van der Waals surface area contributed by atoms with Crippen LogP contribution in [-0.2, 0) is 35.2 Å². The van der Waals surface area contributed by atoms with E-state index in [1.807, 2.05) is 19.9 Å². The second-order valence-electron chi connectivity index (χ2n) is 17.6. The number of nitrogens with zero attached hydrogens (tertiary/aromatic N) is 4. The van der Waals surface area contributed by atoms with Gasteiger partial charge in [0.05, 0.1) is 6.54 Å². The number of carbonyl (C=O) groups is 6. The standard InChI is InChI=1S/C43H58Cl2F4N6O6/c1-25(2)20-31-38(58)54(5)34(22-27-21-28(44)15-16-30(27)45)39(59)52(3)19-10-8-6-7-9-12-32(36(56)50-31)53(4)40(60)35(26-13-14-26)51-37(57)33-23-29(46)24-55(33)41(61)42(17-11-18-42)43(47,48)49/h7,9,15-16,21,25-26,29,31-35H,6,8,10-14,17-20,22-24H2,1-5H3,(H,50,56)(H,51,57)/b9-7+/t29-,31+,32+,33+,34+,35+/m1/s1. The van der Waals surface area contributed by atoms with Crippen molar-refractivity contribution in [3.63, 3.8) is 0 Å².